The molecule has 0 unspecified atom stereocenters. The van der Waals surface area contributed by atoms with Crippen LogP contribution in [-0.4, -0.2) is 29.4 Å². The first kappa shape index (κ1) is 15.3. The second-order valence-electron chi connectivity index (χ2n) is 5.32. The summed E-state index contributed by atoms with van der Waals surface area (Å²) in [4.78, 5) is 19.8. The molecule has 0 radical (unpaired) electrons. The van der Waals surface area contributed by atoms with Crippen LogP contribution in [0.15, 0.2) is 29.5 Å². The highest BCUT2D eigenvalue weighted by molar-refractivity contribution is 5.93. The Labute approximate surface area is 125 Å². The summed E-state index contributed by atoms with van der Waals surface area (Å²) in [7, 11) is 0. The summed E-state index contributed by atoms with van der Waals surface area (Å²) in [6.07, 6.45) is 10.5. The highest BCUT2D eigenvalue weighted by atomic mass is 16.1. The Morgan fingerprint density at radius 2 is 2.10 bits per heavy atom. The topological polar surface area (TPSA) is 92.4 Å². The molecule has 0 saturated heterocycles. The van der Waals surface area contributed by atoms with Gasteiger partial charge in [-0.2, -0.15) is 0 Å². The minimum Gasteiger partial charge on any atom is -0.370 e. The van der Waals surface area contributed by atoms with Crippen molar-refractivity contribution in [2.45, 2.75) is 44.6 Å². The third-order valence-electron chi connectivity index (χ3n) is 3.55. The molecule has 1 aromatic rings. The minimum absolute atomic E-state index is 0.0143. The number of guanidine groups is 1. The molecule has 6 heteroatoms. The number of nitrogens with one attached hydrogen (secondary N) is 2. The second-order valence-corrected chi connectivity index (χ2v) is 5.32. The van der Waals surface area contributed by atoms with Crippen LogP contribution >= 0.6 is 0 Å². The molecule has 114 valence electrons. The zero-order valence-corrected chi connectivity index (χ0v) is 12.2. The van der Waals surface area contributed by atoms with E-state index in [9.17, 15) is 4.79 Å². The lowest BCUT2D eigenvalue weighted by atomic mass is 10.1. The zero-order valence-electron chi connectivity index (χ0n) is 12.2. The lowest BCUT2D eigenvalue weighted by Crippen LogP contribution is -2.40. The normalized spacial score (nSPS) is 17.0. The largest absolute Gasteiger partial charge is 0.370 e. The Hall–Kier alpha value is -2.11. The van der Waals surface area contributed by atoms with Gasteiger partial charge in [0.15, 0.2) is 5.96 Å². The number of amides is 1. The van der Waals surface area contributed by atoms with Gasteiger partial charge in [0.05, 0.1) is 11.9 Å². The zero-order chi connectivity index (χ0) is 14.9. The Morgan fingerprint density at radius 1 is 1.33 bits per heavy atom. The van der Waals surface area contributed by atoms with Crippen LogP contribution in [0.1, 0.15) is 38.5 Å². The molecule has 0 bridgehead atoms. The van der Waals surface area contributed by atoms with Crippen LogP contribution in [0.25, 0.3) is 0 Å². The maximum atomic E-state index is 11.7. The summed E-state index contributed by atoms with van der Waals surface area (Å²) in [5.74, 6) is 0.150. The molecular weight excluding hydrogens is 266 g/mol. The van der Waals surface area contributed by atoms with Gasteiger partial charge in [-0.1, -0.05) is 25.7 Å². The van der Waals surface area contributed by atoms with Crippen molar-refractivity contribution >= 4 is 17.6 Å². The average molecular weight is 289 g/mol. The lowest BCUT2D eigenvalue weighted by Gasteiger charge is -2.16. The van der Waals surface area contributed by atoms with Crippen LogP contribution in [0, 0.1) is 0 Å². The van der Waals surface area contributed by atoms with Gasteiger partial charge in [-0.25, -0.2) is 4.99 Å². The summed E-state index contributed by atoms with van der Waals surface area (Å²) >= 11 is 0. The van der Waals surface area contributed by atoms with Crippen molar-refractivity contribution in [3.8, 4) is 0 Å². The van der Waals surface area contributed by atoms with Crippen LogP contribution in [-0.2, 0) is 4.79 Å². The summed E-state index contributed by atoms with van der Waals surface area (Å²) in [6, 6.07) is 3.93. The molecule has 0 aliphatic heterocycles. The number of rotatable bonds is 4. The van der Waals surface area contributed by atoms with Gasteiger partial charge in [0.25, 0.3) is 0 Å². The van der Waals surface area contributed by atoms with E-state index in [4.69, 9.17) is 5.73 Å². The van der Waals surface area contributed by atoms with Crippen LogP contribution in [0.3, 0.4) is 0 Å². The van der Waals surface area contributed by atoms with E-state index in [2.05, 4.69) is 20.6 Å². The minimum atomic E-state index is -0.200. The van der Waals surface area contributed by atoms with Crippen LogP contribution < -0.4 is 16.4 Å². The first-order valence-electron chi connectivity index (χ1n) is 7.50. The number of hydrogen-bond acceptors (Lipinski definition) is 3. The Morgan fingerprint density at radius 3 is 2.76 bits per heavy atom. The standard InChI is InChI=1S/C15H23N5O/c16-15(20-12-6-3-1-2-4-7-12)18-11-14(21)19-13-8-5-9-17-10-13/h5,8-10,12H,1-4,6-7,11H2,(H,19,21)(H3,16,18,20). The molecule has 2 rings (SSSR count). The predicted octanol–water partition coefficient (Wildman–Crippen LogP) is 1.65. The molecule has 1 amide bonds. The molecular formula is C15H23N5O. The molecule has 21 heavy (non-hydrogen) atoms. The smallest absolute Gasteiger partial charge is 0.246 e. The monoisotopic (exact) mass is 289 g/mol. The number of carbonyl (C=O) groups excluding carboxylic acids is 1. The number of pyridine rings is 1. The first-order valence-corrected chi connectivity index (χ1v) is 7.50. The van der Waals surface area contributed by atoms with Crippen molar-refractivity contribution in [3.63, 3.8) is 0 Å². The van der Waals surface area contributed by atoms with Crippen molar-refractivity contribution in [2.75, 3.05) is 11.9 Å². The fourth-order valence-corrected chi connectivity index (χ4v) is 2.47. The summed E-state index contributed by atoms with van der Waals surface area (Å²) in [5.41, 5.74) is 6.50. The molecule has 1 aromatic heterocycles. The molecule has 0 atom stereocenters. The van der Waals surface area contributed by atoms with E-state index < -0.39 is 0 Å². The molecule has 1 aliphatic carbocycles. The summed E-state index contributed by atoms with van der Waals surface area (Å²) < 4.78 is 0. The number of hydrogen-bond donors (Lipinski definition) is 3. The van der Waals surface area contributed by atoms with Crippen molar-refractivity contribution in [1.82, 2.24) is 10.3 Å². The van der Waals surface area contributed by atoms with Crippen LogP contribution in [0.4, 0.5) is 5.69 Å². The lowest BCUT2D eigenvalue weighted by molar-refractivity contribution is -0.114. The average Bonchev–Trinajstić information content (AvgIpc) is 2.75. The fraction of sp³-hybridized carbons (Fsp3) is 0.533. The predicted molar refractivity (Wildman–Crippen MR) is 84.0 cm³/mol. The molecule has 1 aliphatic rings. The van der Waals surface area contributed by atoms with E-state index in [0.29, 0.717) is 17.7 Å². The Kier molecular flexibility index (Phi) is 5.99. The van der Waals surface area contributed by atoms with E-state index >= 15 is 0 Å². The van der Waals surface area contributed by atoms with E-state index in [1.807, 2.05) is 0 Å². The second kappa shape index (κ2) is 8.24. The van der Waals surface area contributed by atoms with Gasteiger partial charge in [0, 0.05) is 12.2 Å². The first-order chi connectivity index (χ1) is 10.2. The van der Waals surface area contributed by atoms with Gasteiger partial charge in [-0.05, 0) is 25.0 Å². The van der Waals surface area contributed by atoms with Gasteiger partial charge in [-0.15, -0.1) is 0 Å². The van der Waals surface area contributed by atoms with Gasteiger partial charge in [0.1, 0.15) is 6.54 Å². The third-order valence-corrected chi connectivity index (χ3v) is 3.55. The van der Waals surface area contributed by atoms with Gasteiger partial charge in [-0.3, -0.25) is 9.78 Å². The quantitative estimate of drug-likeness (QED) is 0.446. The molecule has 1 saturated carbocycles. The van der Waals surface area contributed by atoms with Crippen LogP contribution in [0.2, 0.25) is 0 Å². The van der Waals surface area contributed by atoms with Gasteiger partial charge in [0.2, 0.25) is 5.91 Å². The maximum Gasteiger partial charge on any atom is 0.246 e. The maximum absolute atomic E-state index is 11.7. The van der Waals surface area contributed by atoms with Gasteiger partial charge < -0.3 is 16.4 Å². The number of carbonyl (C=O) groups is 1. The summed E-state index contributed by atoms with van der Waals surface area (Å²) in [5, 5.41) is 5.93. The number of nitrogens with zero attached hydrogens (tertiary/aromatic N) is 2. The molecule has 1 fully saturated rings. The highest BCUT2D eigenvalue weighted by Crippen LogP contribution is 2.16. The van der Waals surface area contributed by atoms with E-state index in [1.165, 1.54) is 25.7 Å². The number of anilines is 1. The molecule has 0 spiro atoms. The molecule has 1 heterocycles. The number of aliphatic imine (C=N–C) groups is 1. The van der Waals surface area contributed by atoms with E-state index in [1.54, 1.807) is 24.5 Å². The molecule has 0 aromatic carbocycles. The highest BCUT2D eigenvalue weighted by Gasteiger charge is 2.12. The van der Waals surface area contributed by atoms with Crippen molar-refractivity contribution in [3.05, 3.63) is 24.5 Å². The molecule has 6 nitrogen and oxygen atoms in total. The van der Waals surface area contributed by atoms with Gasteiger partial charge >= 0.3 is 0 Å². The van der Waals surface area contributed by atoms with Crippen molar-refractivity contribution in [1.29, 1.82) is 0 Å². The fourth-order valence-electron chi connectivity index (χ4n) is 2.47. The third kappa shape index (κ3) is 5.81. The summed E-state index contributed by atoms with van der Waals surface area (Å²) in [6.45, 7) is 0.0143. The Bertz CT molecular complexity index is 466. The SMILES string of the molecule is NC(=NCC(=O)Nc1cccnc1)NC1CCCCCC1. The van der Waals surface area contributed by atoms with E-state index in [-0.39, 0.29) is 12.5 Å². The molecule has 4 N–H and O–H groups in total. The Balaban J connectivity index is 1.75. The number of aromatic nitrogens is 1. The number of nitrogens with two attached hydrogens (primary N) is 1. The van der Waals surface area contributed by atoms with Crippen molar-refractivity contribution in [2.24, 2.45) is 10.7 Å². The van der Waals surface area contributed by atoms with E-state index in [0.717, 1.165) is 12.8 Å². The van der Waals surface area contributed by atoms with Crippen LogP contribution in [0.5, 0.6) is 0 Å². The van der Waals surface area contributed by atoms with Crippen molar-refractivity contribution < 1.29 is 4.79 Å².